The fourth-order valence-electron chi connectivity index (χ4n) is 3.39. The maximum absolute atomic E-state index is 12.6. The Morgan fingerprint density at radius 3 is 2.56 bits per heavy atom. The van der Waals surface area contributed by atoms with Crippen molar-refractivity contribution in [1.82, 2.24) is 4.98 Å². The third-order valence-electron chi connectivity index (χ3n) is 4.87. The van der Waals surface area contributed by atoms with Gasteiger partial charge in [0.2, 0.25) is 5.91 Å². The van der Waals surface area contributed by atoms with E-state index in [0.29, 0.717) is 18.0 Å². The van der Waals surface area contributed by atoms with Crippen LogP contribution < -0.4 is 5.32 Å². The van der Waals surface area contributed by atoms with E-state index in [2.05, 4.69) is 28.5 Å². The van der Waals surface area contributed by atoms with Gasteiger partial charge in [-0.25, -0.2) is 4.98 Å². The van der Waals surface area contributed by atoms with Crippen molar-refractivity contribution in [3.63, 3.8) is 0 Å². The molecule has 136 valence electrons. The van der Waals surface area contributed by atoms with Crippen LogP contribution in [0.4, 0.5) is 5.13 Å². The van der Waals surface area contributed by atoms with E-state index >= 15 is 0 Å². The van der Waals surface area contributed by atoms with Crippen molar-refractivity contribution in [1.29, 1.82) is 0 Å². The van der Waals surface area contributed by atoms with Crippen LogP contribution in [0.1, 0.15) is 12.8 Å². The highest BCUT2D eigenvalue weighted by Gasteiger charge is 2.34. The van der Waals surface area contributed by atoms with Crippen molar-refractivity contribution in [2.45, 2.75) is 12.8 Å². The van der Waals surface area contributed by atoms with Crippen LogP contribution in [0.15, 0.2) is 60.0 Å². The molecule has 0 saturated carbocycles. The predicted molar refractivity (Wildman–Crippen MR) is 107 cm³/mol. The largest absolute Gasteiger partial charge is 0.481 e. The maximum atomic E-state index is 12.6. The molecule has 1 aromatic heterocycles. The summed E-state index contributed by atoms with van der Waals surface area (Å²) in [4.78, 5) is 28.5. The Morgan fingerprint density at radius 1 is 1.04 bits per heavy atom. The Hall–Kier alpha value is -2.99. The van der Waals surface area contributed by atoms with Gasteiger partial charge in [0.25, 0.3) is 0 Å². The van der Waals surface area contributed by atoms with Crippen LogP contribution in [0.2, 0.25) is 0 Å². The molecule has 1 aliphatic carbocycles. The molecule has 0 saturated heterocycles. The molecule has 0 spiro atoms. The van der Waals surface area contributed by atoms with Crippen LogP contribution in [0, 0.1) is 11.8 Å². The summed E-state index contributed by atoms with van der Waals surface area (Å²) in [7, 11) is 0. The number of carbonyl (C=O) groups excluding carboxylic acids is 1. The first kappa shape index (κ1) is 17.4. The van der Waals surface area contributed by atoms with Crippen molar-refractivity contribution < 1.29 is 14.7 Å². The number of allylic oxidation sites excluding steroid dienone is 2. The smallest absolute Gasteiger partial charge is 0.307 e. The number of rotatable bonds is 4. The number of thiazole rings is 1. The number of carboxylic acid groups (broad SMARTS) is 1. The van der Waals surface area contributed by atoms with Crippen molar-refractivity contribution in [2.24, 2.45) is 11.8 Å². The SMILES string of the molecule is O=C(O)C1CC=CCC1C(=O)Nc1nc(-c2ccc3ccccc3c2)cs1. The lowest BCUT2D eigenvalue weighted by molar-refractivity contribution is -0.146. The molecule has 3 aromatic rings. The minimum absolute atomic E-state index is 0.286. The molecular formula is C21H18N2O3S. The number of anilines is 1. The van der Waals surface area contributed by atoms with Gasteiger partial charge in [-0.15, -0.1) is 11.3 Å². The Bertz CT molecular complexity index is 1040. The highest BCUT2D eigenvalue weighted by Crippen LogP contribution is 2.30. The van der Waals surface area contributed by atoms with Gasteiger partial charge in [0.05, 0.1) is 17.5 Å². The molecule has 6 heteroatoms. The summed E-state index contributed by atoms with van der Waals surface area (Å²) in [6, 6.07) is 14.2. The molecule has 0 radical (unpaired) electrons. The lowest BCUT2D eigenvalue weighted by Gasteiger charge is -2.23. The first-order valence-electron chi connectivity index (χ1n) is 8.75. The molecule has 1 amide bonds. The molecule has 2 unspecified atom stereocenters. The van der Waals surface area contributed by atoms with E-state index in [9.17, 15) is 14.7 Å². The highest BCUT2D eigenvalue weighted by molar-refractivity contribution is 7.14. The van der Waals surface area contributed by atoms with Gasteiger partial charge >= 0.3 is 5.97 Å². The number of benzene rings is 2. The van der Waals surface area contributed by atoms with Gasteiger partial charge in [-0.05, 0) is 29.7 Å². The molecule has 4 rings (SSSR count). The average molecular weight is 378 g/mol. The van der Waals surface area contributed by atoms with Gasteiger partial charge in [0.1, 0.15) is 0 Å². The third kappa shape index (κ3) is 3.61. The summed E-state index contributed by atoms with van der Waals surface area (Å²) >= 11 is 1.34. The second-order valence-electron chi connectivity index (χ2n) is 6.58. The van der Waals surface area contributed by atoms with E-state index in [1.54, 1.807) is 0 Å². The third-order valence-corrected chi connectivity index (χ3v) is 5.62. The number of hydrogen-bond acceptors (Lipinski definition) is 4. The Morgan fingerprint density at radius 2 is 1.78 bits per heavy atom. The number of carboxylic acids is 1. The number of aliphatic carboxylic acids is 1. The Kier molecular flexibility index (Phi) is 4.73. The number of aromatic nitrogens is 1. The van der Waals surface area contributed by atoms with Crippen molar-refractivity contribution in [3.8, 4) is 11.3 Å². The fraction of sp³-hybridized carbons (Fsp3) is 0.190. The van der Waals surface area contributed by atoms with Crippen molar-refractivity contribution in [3.05, 3.63) is 60.0 Å². The van der Waals surface area contributed by atoms with E-state index in [0.717, 1.165) is 22.0 Å². The monoisotopic (exact) mass is 378 g/mol. The molecule has 0 fully saturated rings. The summed E-state index contributed by atoms with van der Waals surface area (Å²) in [6.07, 6.45) is 4.51. The van der Waals surface area contributed by atoms with E-state index in [1.165, 1.54) is 11.3 Å². The maximum Gasteiger partial charge on any atom is 0.307 e. The van der Waals surface area contributed by atoms with Gasteiger partial charge in [0.15, 0.2) is 5.13 Å². The number of hydrogen-bond donors (Lipinski definition) is 2. The standard InChI is InChI=1S/C21H18N2O3S/c24-19(16-7-3-4-8-17(16)20(25)26)23-21-22-18(12-27-21)15-10-9-13-5-1-2-6-14(13)11-15/h1-6,9-12,16-17H,7-8H2,(H,25,26)(H,22,23,24). The van der Waals surface area contributed by atoms with Gasteiger partial charge in [-0.1, -0.05) is 48.6 Å². The minimum atomic E-state index is -0.935. The molecule has 0 bridgehead atoms. The second kappa shape index (κ2) is 7.32. The van der Waals surface area contributed by atoms with E-state index in [1.807, 2.05) is 41.8 Å². The second-order valence-corrected chi connectivity index (χ2v) is 7.44. The summed E-state index contributed by atoms with van der Waals surface area (Å²) in [5.41, 5.74) is 1.77. The van der Waals surface area contributed by atoms with Crippen LogP contribution in [0.25, 0.3) is 22.0 Å². The first-order chi connectivity index (χ1) is 13.1. The van der Waals surface area contributed by atoms with Gasteiger partial charge in [-0.3, -0.25) is 9.59 Å². The average Bonchev–Trinajstić information content (AvgIpc) is 3.16. The molecule has 2 atom stereocenters. The lowest BCUT2D eigenvalue weighted by Crippen LogP contribution is -2.34. The zero-order valence-corrected chi connectivity index (χ0v) is 15.3. The van der Waals surface area contributed by atoms with Crippen molar-refractivity contribution in [2.75, 3.05) is 5.32 Å². The molecule has 2 aromatic carbocycles. The number of amides is 1. The van der Waals surface area contributed by atoms with Crippen LogP contribution in [-0.2, 0) is 9.59 Å². The van der Waals surface area contributed by atoms with Gasteiger partial charge in [-0.2, -0.15) is 0 Å². The van der Waals surface area contributed by atoms with Crippen LogP contribution in [-0.4, -0.2) is 22.0 Å². The zero-order valence-electron chi connectivity index (χ0n) is 14.5. The predicted octanol–water partition coefficient (Wildman–Crippen LogP) is 4.57. The first-order valence-corrected chi connectivity index (χ1v) is 9.63. The molecular weight excluding hydrogens is 360 g/mol. The topological polar surface area (TPSA) is 79.3 Å². The summed E-state index contributed by atoms with van der Waals surface area (Å²) in [5.74, 6) is -2.47. The van der Waals surface area contributed by atoms with E-state index < -0.39 is 17.8 Å². The Labute approximate surface area is 160 Å². The zero-order chi connectivity index (χ0) is 18.8. The Balaban J connectivity index is 1.52. The van der Waals surface area contributed by atoms with Crippen molar-refractivity contribution >= 4 is 39.1 Å². The van der Waals surface area contributed by atoms with E-state index in [4.69, 9.17) is 0 Å². The number of nitrogens with one attached hydrogen (secondary N) is 1. The van der Waals surface area contributed by atoms with Crippen LogP contribution >= 0.6 is 11.3 Å². The minimum Gasteiger partial charge on any atom is -0.481 e. The van der Waals surface area contributed by atoms with Crippen LogP contribution in [0.3, 0.4) is 0 Å². The van der Waals surface area contributed by atoms with Gasteiger partial charge < -0.3 is 10.4 Å². The van der Waals surface area contributed by atoms with Gasteiger partial charge in [0, 0.05) is 10.9 Å². The van der Waals surface area contributed by atoms with Crippen LogP contribution in [0.5, 0.6) is 0 Å². The van der Waals surface area contributed by atoms with E-state index in [-0.39, 0.29) is 5.91 Å². The lowest BCUT2D eigenvalue weighted by atomic mass is 9.82. The molecule has 27 heavy (non-hydrogen) atoms. The highest BCUT2D eigenvalue weighted by atomic mass is 32.1. The normalized spacial score (nSPS) is 19.1. The quantitative estimate of drug-likeness (QED) is 0.652. The fourth-order valence-corrected chi connectivity index (χ4v) is 4.11. The molecule has 1 heterocycles. The number of fused-ring (bicyclic) bond motifs is 1. The number of nitrogens with zero attached hydrogens (tertiary/aromatic N) is 1. The number of carbonyl (C=O) groups is 2. The summed E-state index contributed by atoms with van der Waals surface area (Å²) < 4.78 is 0. The molecule has 5 nitrogen and oxygen atoms in total. The summed E-state index contributed by atoms with van der Waals surface area (Å²) in [5, 5.41) is 16.8. The molecule has 0 aliphatic heterocycles. The molecule has 1 aliphatic rings. The summed E-state index contributed by atoms with van der Waals surface area (Å²) in [6.45, 7) is 0. The molecule has 2 N–H and O–H groups in total.